The third-order valence-electron chi connectivity index (χ3n) is 10.2. The first-order valence-corrected chi connectivity index (χ1v) is 16.5. The Labute approximate surface area is 277 Å². The van der Waals surface area contributed by atoms with Crippen molar-refractivity contribution in [3.63, 3.8) is 0 Å². The molecule has 4 aliphatic carbocycles. The Morgan fingerprint density at radius 2 is 1.75 bits per heavy atom. The van der Waals surface area contributed by atoms with Crippen LogP contribution in [0.2, 0.25) is 0 Å². The molecule has 4 aliphatic rings. The topological polar surface area (TPSA) is 178 Å². The van der Waals surface area contributed by atoms with E-state index in [0.29, 0.717) is 28.9 Å². The number of hydrogen-bond donors (Lipinski definition) is 4. The zero-order valence-electron chi connectivity index (χ0n) is 27.2. The Balaban J connectivity index is 1.17. The second-order valence-corrected chi connectivity index (χ2v) is 13.3. The molecule has 0 spiro atoms. The van der Waals surface area contributed by atoms with Gasteiger partial charge in [0.1, 0.15) is 23.9 Å². The quantitative estimate of drug-likeness (QED) is 0.215. The van der Waals surface area contributed by atoms with Crippen molar-refractivity contribution in [3.05, 3.63) is 64.3 Å². The highest BCUT2D eigenvalue weighted by Crippen LogP contribution is 2.58. The molecule has 4 amide bonds. The van der Waals surface area contributed by atoms with E-state index in [-0.39, 0.29) is 42.8 Å². The van der Waals surface area contributed by atoms with Crippen LogP contribution in [-0.2, 0) is 30.5 Å². The second-order valence-electron chi connectivity index (χ2n) is 13.3. The lowest BCUT2D eigenvalue weighted by molar-refractivity contribution is -0.154. The van der Waals surface area contributed by atoms with E-state index in [2.05, 4.69) is 21.3 Å². The number of likely N-dealkylation sites (N-methyl/N-ethyl adjacent to an activating group) is 1. The minimum absolute atomic E-state index is 0.00789. The highest BCUT2D eigenvalue weighted by molar-refractivity contribution is 6.03. The van der Waals surface area contributed by atoms with Crippen LogP contribution in [0.1, 0.15) is 61.6 Å². The van der Waals surface area contributed by atoms with Crippen LogP contribution < -0.4 is 26.8 Å². The molecule has 254 valence electrons. The lowest BCUT2D eigenvalue weighted by atomic mass is 9.79. The van der Waals surface area contributed by atoms with Crippen molar-refractivity contribution in [1.82, 2.24) is 20.5 Å². The van der Waals surface area contributed by atoms with Crippen molar-refractivity contribution in [2.24, 2.45) is 23.7 Å². The maximum absolute atomic E-state index is 13.7. The minimum Gasteiger partial charge on any atom is -0.452 e. The van der Waals surface area contributed by atoms with Gasteiger partial charge in [-0.2, -0.15) is 0 Å². The number of furan rings is 1. The number of fused-ring (bicyclic) bond motifs is 1. The van der Waals surface area contributed by atoms with Crippen LogP contribution in [0.5, 0.6) is 0 Å². The first-order chi connectivity index (χ1) is 23.0. The van der Waals surface area contributed by atoms with E-state index in [9.17, 15) is 28.8 Å². The Bertz CT molecular complexity index is 1810. The van der Waals surface area contributed by atoms with Crippen molar-refractivity contribution in [2.75, 3.05) is 12.4 Å². The van der Waals surface area contributed by atoms with E-state index >= 15 is 0 Å². The summed E-state index contributed by atoms with van der Waals surface area (Å²) in [4.78, 5) is 77.7. The Kier molecular flexibility index (Phi) is 9.38. The summed E-state index contributed by atoms with van der Waals surface area (Å²) in [5.74, 6) is -0.450. The summed E-state index contributed by atoms with van der Waals surface area (Å²) in [6, 6.07) is 8.96. The average Bonchev–Trinajstić information content (AvgIpc) is 3.63. The fourth-order valence-corrected chi connectivity index (χ4v) is 8.13. The smallest absolute Gasteiger partial charge is 0.303 e. The summed E-state index contributed by atoms with van der Waals surface area (Å²) in [5.41, 5.74) is 0.400. The molecule has 4 saturated carbocycles. The predicted octanol–water partition coefficient (Wildman–Crippen LogP) is 2.65. The summed E-state index contributed by atoms with van der Waals surface area (Å²) in [6.45, 7) is 2.69. The number of esters is 1. The van der Waals surface area contributed by atoms with Crippen molar-refractivity contribution >= 4 is 46.3 Å². The molecule has 4 bridgehead atoms. The lowest BCUT2D eigenvalue weighted by Crippen LogP contribution is -2.47. The number of rotatable bonds is 12. The van der Waals surface area contributed by atoms with Crippen molar-refractivity contribution in [3.8, 4) is 0 Å². The van der Waals surface area contributed by atoms with Gasteiger partial charge < -0.3 is 35.0 Å². The summed E-state index contributed by atoms with van der Waals surface area (Å²) >= 11 is 0. The number of nitrogens with zero attached hydrogens (tertiary/aromatic N) is 1. The molecule has 0 saturated heterocycles. The van der Waals surface area contributed by atoms with Crippen LogP contribution in [0, 0.1) is 30.6 Å². The molecule has 13 nitrogen and oxygen atoms in total. The molecule has 7 atom stereocenters. The van der Waals surface area contributed by atoms with E-state index < -0.39 is 41.4 Å². The number of ether oxygens (including phenoxy) is 1. The van der Waals surface area contributed by atoms with Crippen molar-refractivity contribution in [1.29, 1.82) is 0 Å². The Morgan fingerprint density at radius 3 is 2.48 bits per heavy atom. The van der Waals surface area contributed by atoms with E-state index in [1.165, 1.54) is 30.3 Å². The van der Waals surface area contributed by atoms with Crippen LogP contribution >= 0.6 is 0 Å². The molecule has 2 aromatic heterocycles. The predicted molar refractivity (Wildman–Crippen MR) is 175 cm³/mol. The maximum Gasteiger partial charge on any atom is 0.303 e. The molecule has 4 N–H and O–H groups in total. The van der Waals surface area contributed by atoms with Crippen LogP contribution in [-0.4, -0.2) is 59.4 Å². The molecule has 48 heavy (non-hydrogen) atoms. The average molecular weight is 660 g/mol. The molecule has 7 rings (SSSR count). The molecule has 1 aromatic carbocycles. The molecule has 0 radical (unpaired) electrons. The van der Waals surface area contributed by atoms with E-state index in [4.69, 9.17) is 9.15 Å². The number of benzene rings is 1. The monoisotopic (exact) mass is 659 g/mol. The van der Waals surface area contributed by atoms with Crippen LogP contribution in [0.3, 0.4) is 0 Å². The molecular weight excluding hydrogens is 618 g/mol. The van der Waals surface area contributed by atoms with E-state index in [1.54, 1.807) is 25.1 Å². The Morgan fingerprint density at radius 1 is 0.979 bits per heavy atom. The zero-order valence-corrected chi connectivity index (χ0v) is 27.2. The number of aromatic nitrogens is 1. The number of amides is 4. The lowest BCUT2D eigenvalue weighted by Gasteiger charge is -2.32. The van der Waals surface area contributed by atoms with Crippen LogP contribution in [0.25, 0.3) is 11.0 Å². The molecule has 0 aliphatic heterocycles. The first-order valence-electron chi connectivity index (χ1n) is 16.5. The number of pyridine rings is 1. The van der Waals surface area contributed by atoms with Gasteiger partial charge in [0, 0.05) is 37.2 Å². The number of aryl methyl sites for hydroxylation is 1. The summed E-state index contributed by atoms with van der Waals surface area (Å²) in [7, 11) is 1.39. The number of para-hydroxylation sites is 1. The van der Waals surface area contributed by atoms with Crippen LogP contribution in [0.4, 0.5) is 5.69 Å². The van der Waals surface area contributed by atoms with Gasteiger partial charge in [0.25, 0.3) is 17.4 Å². The molecule has 4 fully saturated rings. The van der Waals surface area contributed by atoms with Gasteiger partial charge in [0.2, 0.25) is 11.8 Å². The highest BCUT2D eigenvalue weighted by atomic mass is 16.5. The summed E-state index contributed by atoms with van der Waals surface area (Å²) in [6.07, 6.45) is 4.75. The molecule has 3 aromatic rings. The van der Waals surface area contributed by atoms with Crippen molar-refractivity contribution < 1.29 is 33.1 Å². The third-order valence-corrected chi connectivity index (χ3v) is 10.2. The Hall–Kier alpha value is -4.94. The van der Waals surface area contributed by atoms with Crippen molar-refractivity contribution in [2.45, 2.75) is 77.1 Å². The number of carbonyl (C=O) groups excluding carboxylic acids is 5. The summed E-state index contributed by atoms with van der Waals surface area (Å²) < 4.78 is 12.2. The molecule has 2 heterocycles. The van der Waals surface area contributed by atoms with Gasteiger partial charge in [0.05, 0.1) is 0 Å². The molecule has 13 heteroatoms. The number of carbonyl (C=O) groups is 5. The third kappa shape index (κ3) is 6.71. The number of hydrogen-bond acceptors (Lipinski definition) is 8. The van der Waals surface area contributed by atoms with E-state index in [1.807, 2.05) is 12.1 Å². The SMILES string of the molecule is CNC(=O)C(CC[C@H](NC(=O)c1oc2ccccc2c1C)C(=O)Nc1cccn(CC(=O)NC2C3CC4CC(C3)C2C4)c1=O)OC(C)=O. The standard InChI is InChI=1S/C35H41N5O8/c1-18-23-7-4-5-9-27(23)48-31(18)34(45)37-25(10-11-28(33(44)36-3)47-19(2)41)32(43)38-26-8-6-12-40(35(26)46)17-29(42)39-30-22-14-20-13-21(16-22)24(30)15-20/h4-9,12,20-22,24-25,28,30H,10-11,13-17H2,1-3H3,(H,36,44)(H,37,45)(H,38,43)(H,39,42)/t20?,21?,22?,24?,25-,28?,30?/m0/s1. The second kappa shape index (κ2) is 13.7. The largest absolute Gasteiger partial charge is 0.452 e. The fraction of sp³-hybridized carbons (Fsp3) is 0.486. The maximum atomic E-state index is 13.7. The number of nitrogens with one attached hydrogen (secondary N) is 4. The normalized spacial score (nSPS) is 23.4. The van der Waals surface area contributed by atoms with Gasteiger partial charge in [0.15, 0.2) is 11.9 Å². The minimum atomic E-state index is -1.27. The zero-order chi connectivity index (χ0) is 34.1. The summed E-state index contributed by atoms with van der Waals surface area (Å²) in [5, 5.41) is 11.6. The molecular formula is C35H41N5O8. The van der Waals surface area contributed by atoms with E-state index in [0.717, 1.165) is 37.5 Å². The van der Waals surface area contributed by atoms with Gasteiger partial charge in [-0.15, -0.1) is 0 Å². The van der Waals surface area contributed by atoms with Gasteiger partial charge in [-0.05, 0) is 87.3 Å². The highest BCUT2D eigenvalue weighted by Gasteiger charge is 2.54. The van der Waals surface area contributed by atoms with Crippen LogP contribution in [0.15, 0.2) is 51.8 Å². The van der Waals surface area contributed by atoms with Gasteiger partial charge >= 0.3 is 5.97 Å². The van der Waals surface area contributed by atoms with Gasteiger partial charge in [-0.25, -0.2) is 0 Å². The van der Waals surface area contributed by atoms with Gasteiger partial charge in [-0.3, -0.25) is 28.8 Å². The fourth-order valence-electron chi connectivity index (χ4n) is 8.13. The number of anilines is 1. The van der Waals surface area contributed by atoms with Gasteiger partial charge in [-0.1, -0.05) is 18.2 Å². The molecule has 6 unspecified atom stereocenters. The first kappa shape index (κ1) is 33.0.